The van der Waals surface area contributed by atoms with Gasteiger partial charge in [-0.05, 0) is 13.3 Å². The SMILES string of the molecule is CCCC(Cl)c1noc(-c2cnoc2C)n1. The third-order valence-corrected chi connectivity index (χ3v) is 2.66. The number of alkyl halides is 1. The van der Waals surface area contributed by atoms with E-state index in [0.29, 0.717) is 23.0 Å². The molecule has 2 rings (SSSR count). The molecule has 1 atom stereocenters. The van der Waals surface area contributed by atoms with Gasteiger partial charge >= 0.3 is 0 Å². The molecule has 0 aliphatic rings. The molecule has 2 heterocycles. The van der Waals surface area contributed by atoms with E-state index in [1.807, 2.05) is 0 Å². The molecule has 0 aromatic carbocycles. The van der Waals surface area contributed by atoms with Crippen molar-refractivity contribution in [2.24, 2.45) is 0 Å². The van der Waals surface area contributed by atoms with Crippen LogP contribution < -0.4 is 0 Å². The third kappa shape index (κ3) is 2.09. The Morgan fingerprint density at radius 2 is 2.25 bits per heavy atom. The summed E-state index contributed by atoms with van der Waals surface area (Å²) < 4.78 is 10.0. The van der Waals surface area contributed by atoms with Crippen molar-refractivity contribution in [3.05, 3.63) is 17.8 Å². The van der Waals surface area contributed by atoms with Crippen LogP contribution in [0.2, 0.25) is 0 Å². The Kier molecular flexibility index (Phi) is 3.24. The van der Waals surface area contributed by atoms with Crippen molar-refractivity contribution in [2.75, 3.05) is 0 Å². The lowest BCUT2D eigenvalue weighted by molar-refractivity contribution is 0.395. The molecule has 0 amide bonds. The van der Waals surface area contributed by atoms with Crippen molar-refractivity contribution in [2.45, 2.75) is 32.1 Å². The van der Waals surface area contributed by atoms with E-state index in [1.54, 1.807) is 13.1 Å². The molecule has 0 aliphatic heterocycles. The third-order valence-electron chi connectivity index (χ3n) is 2.25. The number of hydrogen-bond donors (Lipinski definition) is 0. The minimum atomic E-state index is -0.206. The lowest BCUT2D eigenvalue weighted by Crippen LogP contribution is -1.92. The number of nitrogens with zero attached hydrogens (tertiary/aromatic N) is 3. The standard InChI is InChI=1S/C10H12ClN3O2/c1-3-4-8(11)9-13-10(16-14-9)7-5-12-15-6(7)2/h5,8H,3-4H2,1-2H3. The Labute approximate surface area is 97.8 Å². The molecule has 5 nitrogen and oxygen atoms in total. The first-order valence-electron chi connectivity index (χ1n) is 5.11. The van der Waals surface area contributed by atoms with Crippen LogP contribution in [0.4, 0.5) is 0 Å². The fourth-order valence-electron chi connectivity index (χ4n) is 1.36. The topological polar surface area (TPSA) is 65.0 Å². The molecular weight excluding hydrogens is 230 g/mol. The summed E-state index contributed by atoms with van der Waals surface area (Å²) in [5.74, 6) is 1.56. The van der Waals surface area contributed by atoms with Crippen LogP contribution in [0.5, 0.6) is 0 Å². The van der Waals surface area contributed by atoms with Crippen LogP contribution in [0, 0.1) is 6.92 Å². The first-order valence-corrected chi connectivity index (χ1v) is 5.55. The average molecular weight is 242 g/mol. The molecular formula is C10H12ClN3O2. The van der Waals surface area contributed by atoms with E-state index < -0.39 is 0 Å². The monoisotopic (exact) mass is 241 g/mol. The molecule has 6 heteroatoms. The van der Waals surface area contributed by atoms with Crippen LogP contribution in [-0.2, 0) is 0 Å². The summed E-state index contributed by atoms with van der Waals surface area (Å²) in [4.78, 5) is 4.22. The van der Waals surface area contributed by atoms with Gasteiger partial charge in [-0.3, -0.25) is 0 Å². The van der Waals surface area contributed by atoms with Gasteiger partial charge in [0.2, 0.25) is 0 Å². The van der Waals surface area contributed by atoms with E-state index in [0.717, 1.165) is 12.8 Å². The van der Waals surface area contributed by atoms with E-state index in [4.69, 9.17) is 20.6 Å². The average Bonchev–Trinajstić information content (AvgIpc) is 2.86. The maximum Gasteiger partial charge on any atom is 0.263 e. The fraction of sp³-hybridized carbons (Fsp3) is 0.500. The van der Waals surface area contributed by atoms with Crippen LogP contribution in [-0.4, -0.2) is 15.3 Å². The van der Waals surface area contributed by atoms with Crippen LogP contribution in [0.15, 0.2) is 15.2 Å². The molecule has 0 fully saturated rings. The second-order valence-electron chi connectivity index (χ2n) is 3.51. The van der Waals surface area contributed by atoms with Crippen molar-refractivity contribution >= 4 is 11.6 Å². The zero-order valence-corrected chi connectivity index (χ0v) is 9.86. The highest BCUT2D eigenvalue weighted by molar-refractivity contribution is 6.20. The zero-order valence-electron chi connectivity index (χ0n) is 9.11. The maximum atomic E-state index is 6.10. The number of halogens is 1. The molecule has 0 spiro atoms. The van der Waals surface area contributed by atoms with Crippen molar-refractivity contribution in [3.63, 3.8) is 0 Å². The molecule has 0 bridgehead atoms. The Morgan fingerprint density at radius 3 is 2.88 bits per heavy atom. The predicted octanol–water partition coefficient (Wildman–Crippen LogP) is 3.11. The van der Waals surface area contributed by atoms with E-state index in [2.05, 4.69) is 22.2 Å². The van der Waals surface area contributed by atoms with Crippen molar-refractivity contribution in [3.8, 4) is 11.5 Å². The highest BCUT2D eigenvalue weighted by Gasteiger charge is 2.18. The second kappa shape index (κ2) is 4.65. The maximum absolute atomic E-state index is 6.10. The van der Waals surface area contributed by atoms with Crippen LogP contribution in [0.3, 0.4) is 0 Å². The number of hydrogen-bond acceptors (Lipinski definition) is 5. The van der Waals surface area contributed by atoms with Crippen LogP contribution in [0.1, 0.15) is 36.7 Å². The first kappa shape index (κ1) is 11.1. The Balaban J connectivity index is 2.23. The fourth-order valence-corrected chi connectivity index (χ4v) is 1.66. The van der Waals surface area contributed by atoms with Gasteiger partial charge in [-0.2, -0.15) is 4.98 Å². The zero-order chi connectivity index (χ0) is 11.5. The van der Waals surface area contributed by atoms with Crippen LogP contribution >= 0.6 is 11.6 Å². The normalized spacial score (nSPS) is 12.9. The quantitative estimate of drug-likeness (QED) is 0.770. The molecule has 0 N–H and O–H groups in total. The number of aryl methyl sites for hydroxylation is 1. The Morgan fingerprint density at radius 1 is 1.44 bits per heavy atom. The molecule has 2 aromatic heterocycles. The van der Waals surface area contributed by atoms with Gasteiger partial charge in [-0.1, -0.05) is 23.7 Å². The summed E-state index contributed by atoms with van der Waals surface area (Å²) in [6.07, 6.45) is 3.35. The van der Waals surface area contributed by atoms with Crippen molar-refractivity contribution in [1.82, 2.24) is 15.3 Å². The van der Waals surface area contributed by atoms with E-state index in [-0.39, 0.29) is 5.38 Å². The summed E-state index contributed by atoms with van der Waals surface area (Å²) >= 11 is 6.10. The molecule has 16 heavy (non-hydrogen) atoms. The lowest BCUT2D eigenvalue weighted by Gasteiger charge is -1.99. The predicted molar refractivity (Wildman–Crippen MR) is 58.0 cm³/mol. The summed E-state index contributed by atoms with van der Waals surface area (Å²) in [7, 11) is 0. The number of rotatable bonds is 4. The molecule has 1 unspecified atom stereocenters. The summed E-state index contributed by atoms with van der Waals surface area (Å²) in [6, 6.07) is 0. The summed E-state index contributed by atoms with van der Waals surface area (Å²) in [5, 5.41) is 7.29. The van der Waals surface area contributed by atoms with Gasteiger partial charge in [0.05, 0.1) is 11.6 Å². The van der Waals surface area contributed by atoms with Gasteiger partial charge in [0.15, 0.2) is 5.82 Å². The van der Waals surface area contributed by atoms with Gasteiger partial charge in [0.25, 0.3) is 5.89 Å². The molecule has 0 aliphatic carbocycles. The number of aromatic nitrogens is 3. The van der Waals surface area contributed by atoms with E-state index >= 15 is 0 Å². The first-order chi connectivity index (χ1) is 7.72. The van der Waals surface area contributed by atoms with Crippen molar-refractivity contribution in [1.29, 1.82) is 0 Å². The van der Waals surface area contributed by atoms with Gasteiger partial charge in [-0.15, -0.1) is 11.6 Å². The van der Waals surface area contributed by atoms with E-state index in [1.165, 1.54) is 0 Å². The van der Waals surface area contributed by atoms with E-state index in [9.17, 15) is 0 Å². The Hall–Kier alpha value is -1.36. The summed E-state index contributed by atoms with van der Waals surface area (Å²) in [5.41, 5.74) is 0.708. The lowest BCUT2D eigenvalue weighted by atomic mass is 10.2. The van der Waals surface area contributed by atoms with Gasteiger partial charge in [-0.25, -0.2) is 0 Å². The Bertz CT molecular complexity index is 466. The largest absolute Gasteiger partial charge is 0.361 e. The smallest absolute Gasteiger partial charge is 0.263 e. The highest BCUT2D eigenvalue weighted by atomic mass is 35.5. The molecule has 0 saturated carbocycles. The van der Waals surface area contributed by atoms with Gasteiger partial charge < -0.3 is 9.05 Å². The van der Waals surface area contributed by atoms with Crippen molar-refractivity contribution < 1.29 is 9.05 Å². The second-order valence-corrected chi connectivity index (χ2v) is 4.04. The van der Waals surface area contributed by atoms with Gasteiger partial charge in [0.1, 0.15) is 11.3 Å². The minimum absolute atomic E-state index is 0.206. The van der Waals surface area contributed by atoms with Crippen LogP contribution in [0.25, 0.3) is 11.5 Å². The highest BCUT2D eigenvalue weighted by Crippen LogP contribution is 2.26. The molecule has 2 aromatic rings. The molecule has 0 radical (unpaired) electrons. The summed E-state index contributed by atoms with van der Waals surface area (Å²) in [6.45, 7) is 3.84. The molecule has 86 valence electrons. The molecule has 0 saturated heterocycles. The minimum Gasteiger partial charge on any atom is -0.361 e. The van der Waals surface area contributed by atoms with Gasteiger partial charge in [0, 0.05) is 0 Å².